The van der Waals surface area contributed by atoms with Gasteiger partial charge in [0.2, 0.25) is 0 Å². The van der Waals surface area contributed by atoms with Crippen LogP contribution in [-0.2, 0) is 0 Å². The third kappa shape index (κ3) is 2.79. The number of benzene rings is 2. The predicted molar refractivity (Wildman–Crippen MR) is 76.6 cm³/mol. The van der Waals surface area contributed by atoms with Crippen LogP contribution in [0.1, 0.15) is 10.4 Å². The molecule has 0 fully saturated rings. The second-order valence-corrected chi connectivity index (χ2v) is 5.16. The molecule has 2 aromatic carbocycles. The van der Waals surface area contributed by atoms with Gasteiger partial charge in [-0.1, -0.05) is 29.8 Å². The standard InChI is InChI=1S/C13H8ClIO2/c14-12-5-4-9(7-11(12)13(16)17)8-2-1-3-10(15)6-8/h1-7H,(H,16,17). The molecule has 0 atom stereocenters. The number of hydrogen-bond donors (Lipinski definition) is 1. The number of carboxylic acid groups (broad SMARTS) is 1. The molecule has 1 N–H and O–H groups in total. The fourth-order valence-electron chi connectivity index (χ4n) is 1.54. The van der Waals surface area contributed by atoms with Crippen LogP contribution in [0.2, 0.25) is 5.02 Å². The van der Waals surface area contributed by atoms with Crippen molar-refractivity contribution < 1.29 is 9.90 Å². The van der Waals surface area contributed by atoms with Gasteiger partial charge in [0, 0.05) is 3.57 Å². The molecule has 0 amide bonds. The van der Waals surface area contributed by atoms with Gasteiger partial charge in [-0.05, 0) is 58.0 Å². The normalized spacial score (nSPS) is 10.2. The van der Waals surface area contributed by atoms with Crippen molar-refractivity contribution in [2.24, 2.45) is 0 Å². The highest BCUT2D eigenvalue weighted by Crippen LogP contribution is 2.26. The van der Waals surface area contributed by atoms with Gasteiger partial charge in [0.1, 0.15) is 0 Å². The average Bonchev–Trinajstić information content (AvgIpc) is 2.29. The Morgan fingerprint density at radius 3 is 2.47 bits per heavy atom. The Kier molecular flexibility index (Phi) is 3.69. The number of carboxylic acids is 1. The van der Waals surface area contributed by atoms with Gasteiger partial charge >= 0.3 is 5.97 Å². The Morgan fingerprint density at radius 1 is 1.12 bits per heavy atom. The summed E-state index contributed by atoms with van der Waals surface area (Å²) in [5.41, 5.74) is 1.96. The van der Waals surface area contributed by atoms with E-state index in [9.17, 15) is 4.79 Å². The summed E-state index contributed by atoms with van der Waals surface area (Å²) in [7, 11) is 0. The maximum Gasteiger partial charge on any atom is 0.337 e. The van der Waals surface area contributed by atoms with Gasteiger partial charge in [0.25, 0.3) is 0 Å². The summed E-state index contributed by atoms with van der Waals surface area (Å²) in [6.45, 7) is 0. The summed E-state index contributed by atoms with van der Waals surface area (Å²) < 4.78 is 1.10. The summed E-state index contributed by atoms with van der Waals surface area (Å²) in [6.07, 6.45) is 0. The van der Waals surface area contributed by atoms with Gasteiger partial charge in [0.05, 0.1) is 10.6 Å². The molecule has 4 heteroatoms. The monoisotopic (exact) mass is 358 g/mol. The second-order valence-electron chi connectivity index (χ2n) is 3.51. The molecule has 0 aliphatic heterocycles. The molecule has 0 spiro atoms. The lowest BCUT2D eigenvalue weighted by Crippen LogP contribution is -1.97. The zero-order valence-electron chi connectivity index (χ0n) is 8.65. The van der Waals surface area contributed by atoms with Crippen molar-refractivity contribution in [1.82, 2.24) is 0 Å². The number of aromatic carboxylic acids is 1. The summed E-state index contributed by atoms with van der Waals surface area (Å²) in [5.74, 6) is -1.01. The van der Waals surface area contributed by atoms with Crippen LogP contribution >= 0.6 is 34.2 Å². The third-order valence-electron chi connectivity index (χ3n) is 2.35. The molecule has 0 radical (unpaired) electrons. The zero-order valence-corrected chi connectivity index (χ0v) is 11.6. The molecule has 2 aromatic rings. The summed E-state index contributed by atoms with van der Waals surface area (Å²) >= 11 is 8.05. The molecule has 0 unspecified atom stereocenters. The minimum Gasteiger partial charge on any atom is -0.478 e. The van der Waals surface area contributed by atoms with E-state index < -0.39 is 5.97 Å². The van der Waals surface area contributed by atoms with Crippen molar-refractivity contribution in [2.75, 3.05) is 0 Å². The van der Waals surface area contributed by atoms with Crippen LogP contribution in [0.15, 0.2) is 42.5 Å². The molecule has 0 aliphatic carbocycles. The van der Waals surface area contributed by atoms with Gasteiger partial charge < -0.3 is 5.11 Å². The predicted octanol–water partition coefficient (Wildman–Crippen LogP) is 4.31. The minimum atomic E-state index is -1.01. The fourth-order valence-corrected chi connectivity index (χ4v) is 2.28. The molecule has 0 heterocycles. The van der Waals surface area contributed by atoms with E-state index >= 15 is 0 Å². The average molecular weight is 359 g/mol. The molecular weight excluding hydrogens is 350 g/mol. The van der Waals surface area contributed by atoms with Gasteiger partial charge in [-0.25, -0.2) is 4.79 Å². The van der Waals surface area contributed by atoms with E-state index in [1.807, 2.05) is 30.3 Å². The molecule has 0 aliphatic rings. The number of hydrogen-bond acceptors (Lipinski definition) is 1. The maximum atomic E-state index is 11.0. The minimum absolute atomic E-state index is 0.128. The molecule has 0 saturated heterocycles. The van der Waals surface area contributed by atoms with Crippen LogP contribution < -0.4 is 0 Å². The highest BCUT2D eigenvalue weighted by atomic mass is 127. The quantitative estimate of drug-likeness (QED) is 0.812. The van der Waals surface area contributed by atoms with Crippen LogP contribution in [-0.4, -0.2) is 11.1 Å². The lowest BCUT2D eigenvalue weighted by Gasteiger charge is -2.05. The van der Waals surface area contributed by atoms with Gasteiger partial charge in [-0.3, -0.25) is 0 Å². The van der Waals surface area contributed by atoms with Crippen molar-refractivity contribution in [1.29, 1.82) is 0 Å². The smallest absolute Gasteiger partial charge is 0.337 e. The number of carbonyl (C=O) groups is 1. The van der Waals surface area contributed by atoms with E-state index in [4.69, 9.17) is 16.7 Å². The van der Waals surface area contributed by atoms with Crippen LogP contribution in [0.4, 0.5) is 0 Å². The largest absolute Gasteiger partial charge is 0.478 e. The van der Waals surface area contributed by atoms with Crippen LogP contribution in [0, 0.1) is 3.57 Å². The van der Waals surface area contributed by atoms with E-state index in [0.29, 0.717) is 0 Å². The summed E-state index contributed by atoms with van der Waals surface area (Å²) in [4.78, 5) is 11.0. The lowest BCUT2D eigenvalue weighted by molar-refractivity contribution is 0.0697. The molecule has 0 bridgehead atoms. The van der Waals surface area contributed by atoms with Gasteiger partial charge in [-0.2, -0.15) is 0 Å². The van der Waals surface area contributed by atoms with E-state index in [1.54, 1.807) is 12.1 Å². The molecule has 0 saturated carbocycles. The molecule has 86 valence electrons. The molecule has 2 nitrogen and oxygen atoms in total. The number of rotatable bonds is 2. The number of halogens is 2. The van der Waals surface area contributed by atoms with Gasteiger partial charge in [-0.15, -0.1) is 0 Å². The Bertz CT molecular complexity index is 581. The molecule has 17 heavy (non-hydrogen) atoms. The van der Waals surface area contributed by atoms with Crippen molar-refractivity contribution in [3.05, 3.63) is 56.6 Å². The second kappa shape index (κ2) is 5.06. The summed E-state index contributed by atoms with van der Waals surface area (Å²) in [6, 6.07) is 12.9. The van der Waals surface area contributed by atoms with Crippen LogP contribution in [0.25, 0.3) is 11.1 Å². The highest BCUT2D eigenvalue weighted by Gasteiger charge is 2.10. The first-order chi connectivity index (χ1) is 8.08. The fraction of sp³-hybridized carbons (Fsp3) is 0. The van der Waals surface area contributed by atoms with E-state index in [2.05, 4.69) is 22.6 Å². The van der Waals surface area contributed by atoms with Crippen LogP contribution in [0.3, 0.4) is 0 Å². The van der Waals surface area contributed by atoms with Crippen molar-refractivity contribution in [3.63, 3.8) is 0 Å². The molecule has 2 rings (SSSR count). The first-order valence-electron chi connectivity index (χ1n) is 4.87. The first kappa shape index (κ1) is 12.4. The van der Waals surface area contributed by atoms with E-state index in [1.165, 1.54) is 0 Å². The topological polar surface area (TPSA) is 37.3 Å². The summed E-state index contributed by atoms with van der Waals surface area (Å²) in [5, 5.41) is 9.26. The highest BCUT2D eigenvalue weighted by molar-refractivity contribution is 14.1. The molecular formula is C13H8ClIO2. The van der Waals surface area contributed by atoms with E-state index in [-0.39, 0.29) is 10.6 Å². The lowest BCUT2D eigenvalue weighted by atomic mass is 10.0. The Balaban J connectivity index is 2.54. The Morgan fingerprint density at radius 2 is 1.82 bits per heavy atom. The van der Waals surface area contributed by atoms with E-state index in [0.717, 1.165) is 14.7 Å². The van der Waals surface area contributed by atoms with Crippen molar-refractivity contribution in [3.8, 4) is 11.1 Å². The van der Waals surface area contributed by atoms with Gasteiger partial charge in [0.15, 0.2) is 0 Å². The van der Waals surface area contributed by atoms with Crippen molar-refractivity contribution in [2.45, 2.75) is 0 Å². The SMILES string of the molecule is O=C(O)c1cc(-c2cccc(I)c2)ccc1Cl. The maximum absolute atomic E-state index is 11.0. The third-order valence-corrected chi connectivity index (χ3v) is 3.36. The van der Waals surface area contributed by atoms with Crippen molar-refractivity contribution >= 4 is 40.2 Å². The van der Waals surface area contributed by atoms with Crippen LogP contribution in [0.5, 0.6) is 0 Å². The Hall–Kier alpha value is -1.07. The zero-order chi connectivity index (χ0) is 12.4. The molecule has 0 aromatic heterocycles. The first-order valence-corrected chi connectivity index (χ1v) is 6.32. The Labute approximate surface area is 117 Å².